The molecule has 0 bridgehead atoms. The molecule has 1 heterocycles. The van der Waals surface area contributed by atoms with Crippen molar-refractivity contribution in [2.24, 2.45) is 0 Å². The van der Waals surface area contributed by atoms with Crippen LogP contribution in [0.25, 0.3) is 11.4 Å². The van der Waals surface area contributed by atoms with E-state index in [9.17, 15) is 9.59 Å². The fourth-order valence-corrected chi connectivity index (χ4v) is 2.49. The Morgan fingerprint density at radius 3 is 2.54 bits per heavy atom. The zero-order chi connectivity index (χ0) is 18.5. The van der Waals surface area contributed by atoms with E-state index >= 15 is 0 Å². The third kappa shape index (κ3) is 4.42. The Morgan fingerprint density at radius 1 is 1.08 bits per heavy atom. The Morgan fingerprint density at radius 2 is 1.81 bits per heavy atom. The van der Waals surface area contributed by atoms with Gasteiger partial charge in [-0.15, -0.1) is 10.2 Å². The molecule has 132 valence electrons. The van der Waals surface area contributed by atoms with Crippen molar-refractivity contribution in [1.29, 1.82) is 0 Å². The molecular weight excluding hydrogens is 356 g/mol. The molecule has 26 heavy (non-hydrogen) atoms. The summed E-state index contributed by atoms with van der Waals surface area (Å²) < 4.78 is 0. The highest BCUT2D eigenvalue weighted by Gasteiger charge is 2.12. The van der Waals surface area contributed by atoms with Crippen LogP contribution in [-0.4, -0.2) is 32.0 Å². The molecule has 0 aliphatic heterocycles. The lowest BCUT2D eigenvalue weighted by molar-refractivity contribution is -0.117. The number of tetrazole rings is 1. The van der Waals surface area contributed by atoms with E-state index in [4.69, 9.17) is 11.6 Å². The fraction of sp³-hybridized carbons (Fsp3) is 0.118. The van der Waals surface area contributed by atoms with E-state index in [1.807, 2.05) is 6.07 Å². The molecule has 9 heteroatoms. The molecule has 0 unspecified atom stereocenters. The minimum Gasteiger partial charge on any atom is -0.326 e. The van der Waals surface area contributed by atoms with Crippen LogP contribution in [0, 0.1) is 0 Å². The van der Waals surface area contributed by atoms with Gasteiger partial charge in [0.25, 0.3) is 0 Å². The van der Waals surface area contributed by atoms with Crippen LogP contribution < -0.4 is 10.6 Å². The third-order valence-electron chi connectivity index (χ3n) is 3.32. The fourth-order valence-electron chi connectivity index (χ4n) is 2.27. The smallest absolute Gasteiger partial charge is 0.248 e. The number of nitrogens with one attached hydrogen (secondary N) is 2. The molecule has 0 atom stereocenters. The quantitative estimate of drug-likeness (QED) is 0.718. The summed E-state index contributed by atoms with van der Waals surface area (Å²) in [5.41, 5.74) is 1.78. The minimum atomic E-state index is -0.326. The van der Waals surface area contributed by atoms with Crippen molar-refractivity contribution in [3.05, 3.63) is 53.6 Å². The number of hydrogen-bond donors (Lipinski definition) is 2. The SMILES string of the molecule is CC(=O)Nc1cccc(NC(=O)Cn2nnc(-c3ccccc3Cl)n2)c1. The van der Waals surface area contributed by atoms with E-state index in [2.05, 4.69) is 26.0 Å². The molecule has 0 spiro atoms. The Balaban J connectivity index is 1.66. The lowest BCUT2D eigenvalue weighted by Gasteiger charge is -2.07. The molecule has 1 aromatic heterocycles. The number of benzene rings is 2. The van der Waals surface area contributed by atoms with Crippen molar-refractivity contribution in [3.8, 4) is 11.4 Å². The van der Waals surface area contributed by atoms with Crippen LogP contribution in [0.15, 0.2) is 48.5 Å². The van der Waals surface area contributed by atoms with E-state index in [0.717, 1.165) is 0 Å². The number of rotatable bonds is 5. The van der Waals surface area contributed by atoms with Gasteiger partial charge < -0.3 is 10.6 Å². The van der Waals surface area contributed by atoms with Crippen molar-refractivity contribution in [3.63, 3.8) is 0 Å². The number of halogens is 1. The molecule has 0 saturated heterocycles. The first kappa shape index (κ1) is 17.6. The minimum absolute atomic E-state index is 0.109. The standard InChI is InChI=1S/C17H15ClN6O2/c1-11(25)19-12-5-4-6-13(9-12)20-16(26)10-24-22-17(21-23-24)14-7-2-3-8-15(14)18/h2-9H,10H2,1H3,(H,19,25)(H,20,26). The van der Waals surface area contributed by atoms with Crippen LogP contribution in [0.5, 0.6) is 0 Å². The van der Waals surface area contributed by atoms with E-state index in [-0.39, 0.29) is 18.4 Å². The van der Waals surface area contributed by atoms with Crippen molar-refractivity contribution in [2.75, 3.05) is 10.6 Å². The zero-order valence-electron chi connectivity index (χ0n) is 13.8. The van der Waals surface area contributed by atoms with Crippen LogP contribution in [-0.2, 0) is 16.1 Å². The third-order valence-corrected chi connectivity index (χ3v) is 3.65. The summed E-state index contributed by atoms with van der Waals surface area (Å²) in [5.74, 6) is -0.170. The Hall–Kier alpha value is -3.26. The molecule has 0 fully saturated rings. The maximum atomic E-state index is 12.2. The average Bonchev–Trinajstić information content (AvgIpc) is 3.03. The summed E-state index contributed by atoms with van der Waals surface area (Å²) in [6.07, 6.45) is 0. The highest BCUT2D eigenvalue weighted by molar-refractivity contribution is 6.33. The molecular formula is C17H15ClN6O2. The maximum absolute atomic E-state index is 12.2. The van der Waals surface area contributed by atoms with Gasteiger partial charge >= 0.3 is 0 Å². The Kier molecular flexibility index (Phi) is 5.23. The average molecular weight is 371 g/mol. The van der Waals surface area contributed by atoms with Crippen molar-refractivity contribution < 1.29 is 9.59 Å². The van der Waals surface area contributed by atoms with Gasteiger partial charge in [-0.05, 0) is 35.5 Å². The lowest BCUT2D eigenvalue weighted by atomic mass is 10.2. The molecule has 0 aliphatic carbocycles. The molecule has 2 amide bonds. The number of carbonyl (C=O) groups excluding carboxylic acids is 2. The van der Waals surface area contributed by atoms with Gasteiger partial charge in [0.15, 0.2) is 0 Å². The normalized spacial score (nSPS) is 10.4. The second-order valence-corrected chi connectivity index (χ2v) is 5.84. The molecule has 2 N–H and O–H groups in total. The van der Waals surface area contributed by atoms with E-state index in [0.29, 0.717) is 27.8 Å². The number of hydrogen-bond acceptors (Lipinski definition) is 5. The van der Waals surface area contributed by atoms with Crippen LogP contribution in [0.3, 0.4) is 0 Å². The van der Waals surface area contributed by atoms with Gasteiger partial charge in [0.1, 0.15) is 6.54 Å². The largest absolute Gasteiger partial charge is 0.326 e. The lowest BCUT2D eigenvalue weighted by Crippen LogP contribution is -2.20. The van der Waals surface area contributed by atoms with Gasteiger partial charge in [-0.3, -0.25) is 9.59 Å². The number of anilines is 2. The first-order valence-electron chi connectivity index (χ1n) is 7.71. The van der Waals surface area contributed by atoms with Gasteiger partial charge in [0.05, 0.1) is 5.02 Å². The molecule has 3 aromatic rings. The Labute approximate surface area is 154 Å². The van der Waals surface area contributed by atoms with Crippen LogP contribution in [0.2, 0.25) is 5.02 Å². The molecule has 0 saturated carbocycles. The van der Waals surface area contributed by atoms with E-state index in [1.165, 1.54) is 11.7 Å². The topological polar surface area (TPSA) is 102 Å². The molecule has 3 rings (SSSR count). The number of carbonyl (C=O) groups is 2. The van der Waals surface area contributed by atoms with Crippen LogP contribution >= 0.6 is 11.6 Å². The summed E-state index contributed by atoms with van der Waals surface area (Å²) in [5, 5.41) is 17.8. The summed E-state index contributed by atoms with van der Waals surface area (Å²) >= 11 is 6.11. The first-order chi connectivity index (χ1) is 12.5. The summed E-state index contributed by atoms with van der Waals surface area (Å²) in [4.78, 5) is 24.5. The first-order valence-corrected chi connectivity index (χ1v) is 8.09. The molecule has 2 aromatic carbocycles. The van der Waals surface area contributed by atoms with Gasteiger partial charge in [0, 0.05) is 23.9 Å². The van der Waals surface area contributed by atoms with Crippen molar-refractivity contribution in [2.45, 2.75) is 13.5 Å². The predicted octanol–water partition coefficient (Wildman–Crippen LogP) is 2.59. The molecule has 8 nitrogen and oxygen atoms in total. The van der Waals surface area contributed by atoms with Gasteiger partial charge in [0.2, 0.25) is 17.6 Å². The monoisotopic (exact) mass is 370 g/mol. The van der Waals surface area contributed by atoms with Crippen molar-refractivity contribution in [1.82, 2.24) is 20.2 Å². The molecule has 0 aliphatic rings. The second kappa shape index (κ2) is 7.75. The van der Waals surface area contributed by atoms with Crippen LogP contribution in [0.4, 0.5) is 11.4 Å². The van der Waals surface area contributed by atoms with Crippen molar-refractivity contribution >= 4 is 34.8 Å². The number of aromatic nitrogens is 4. The van der Waals surface area contributed by atoms with Crippen LogP contribution in [0.1, 0.15) is 6.92 Å². The van der Waals surface area contributed by atoms with Gasteiger partial charge in [-0.2, -0.15) is 4.80 Å². The van der Waals surface area contributed by atoms with Gasteiger partial charge in [-0.25, -0.2) is 0 Å². The molecule has 0 radical (unpaired) electrons. The zero-order valence-corrected chi connectivity index (χ0v) is 14.6. The maximum Gasteiger partial charge on any atom is 0.248 e. The Bertz CT molecular complexity index is 956. The predicted molar refractivity (Wildman–Crippen MR) is 97.6 cm³/mol. The second-order valence-electron chi connectivity index (χ2n) is 5.43. The van der Waals surface area contributed by atoms with E-state index in [1.54, 1.807) is 42.5 Å². The van der Waals surface area contributed by atoms with E-state index < -0.39 is 0 Å². The summed E-state index contributed by atoms with van der Waals surface area (Å²) in [6, 6.07) is 13.9. The summed E-state index contributed by atoms with van der Waals surface area (Å²) in [6.45, 7) is 1.31. The highest BCUT2D eigenvalue weighted by Crippen LogP contribution is 2.23. The number of nitrogens with zero attached hydrogens (tertiary/aromatic N) is 4. The number of amides is 2. The summed E-state index contributed by atoms with van der Waals surface area (Å²) in [7, 11) is 0. The van der Waals surface area contributed by atoms with Gasteiger partial charge in [-0.1, -0.05) is 29.8 Å². The highest BCUT2D eigenvalue weighted by atomic mass is 35.5.